The maximum Gasteiger partial charge on any atom is 0.349 e. The summed E-state index contributed by atoms with van der Waals surface area (Å²) in [6, 6.07) is 9.82. The molecule has 0 radical (unpaired) electrons. The Kier molecular flexibility index (Phi) is 6.17. The van der Waals surface area contributed by atoms with Gasteiger partial charge in [-0.15, -0.1) is 0 Å². The molecule has 1 N–H and O–H groups in total. The second-order valence-electron chi connectivity index (χ2n) is 5.78. The van der Waals surface area contributed by atoms with E-state index in [4.69, 9.17) is 0 Å². The summed E-state index contributed by atoms with van der Waals surface area (Å²) in [5, 5.41) is 1.92. The average Bonchev–Trinajstić information content (AvgIpc) is 2.62. The maximum atomic E-state index is 13.0. The SMILES string of the molecule is CCN(C(=O)c1ccc(F)cc1)N(C)C(=O)NS(=O)(=O)c1ccc(C)cc1. The van der Waals surface area contributed by atoms with Crippen molar-refractivity contribution < 1.29 is 22.4 Å². The van der Waals surface area contributed by atoms with Crippen molar-refractivity contribution in [1.82, 2.24) is 14.7 Å². The third-order valence-electron chi connectivity index (χ3n) is 3.83. The van der Waals surface area contributed by atoms with E-state index in [9.17, 15) is 22.4 Å². The van der Waals surface area contributed by atoms with Crippen LogP contribution in [0.2, 0.25) is 0 Å². The smallest absolute Gasteiger partial charge is 0.267 e. The third kappa shape index (κ3) is 4.82. The molecule has 3 amide bonds. The van der Waals surface area contributed by atoms with E-state index in [1.165, 1.54) is 31.3 Å². The molecule has 0 aromatic heterocycles. The Morgan fingerprint density at radius 1 is 1.04 bits per heavy atom. The highest BCUT2D eigenvalue weighted by Crippen LogP contribution is 2.12. The summed E-state index contributed by atoms with van der Waals surface area (Å²) in [4.78, 5) is 24.8. The molecule has 0 aliphatic rings. The first-order chi connectivity index (χ1) is 12.7. The summed E-state index contributed by atoms with van der Waals surface area (Å²) >= 11 is 0. The fourth-order valence-electron chi connectivity index (χ4n) is 2.30. The van der Waals surface area contributed by atoms with Gasteiger partial charge in [0.05, 0.1) is 4.90 Å². The lowest BCUT2D eigenvalue weighted by Crippen LogP contribution is -2.52. The lowest BCUT2D eigenvalue weighted by Gasteiger charge is -2.30. The Hall–Kier alpha value is -2.94. The number of hydrogen-bond acceptors (Lipinski definition) is 4. The Morgan fingerprint density at radius 2 is 1.59 bits per heavy atom. The molecule has 0 spiro atoms. The van der Waals surface area contributed by atoms with Gasteiger partial charge in [0.15, 0.2) is 0 Å². The van der Waals surface area contributed by atoms with Crippen LogP contribution < -0.4 is 4.72 Å². The fourth-order valence-corrected chi connectivity index (χ4v) is 3.27. The van der Waals surface area contributed by atoms with Crippen molar-refractivity contribution in [2.75, 3.05) is 13.6 Å². The molecule has 7 nitrogen and oxygen atoms in total. The first kappa shape index (κ1) is 20.4. The number of carbonyl (C=O) groups excluding carboxylic acids is 2. The second kappa shape index (κ2) is 8.17. The summed E-state index contributed by atoms with van der Waals surface area (Å²) < 4.78 is 39.6. The first-order valence-electron chi connectivity index (χ1n) is 8.10. The zero-order valence-electron chi connectivity index (χ0n) is 15.1. The predicted octanol–water partition coefficient (Wildman–Crippen LogP) is 2.54. The molecular weight excluding hydrogens is 373 g/mol. The van der Waals surface area contributed by atoms with Crippen LogP contribution in [0.3, 0.4) is 0 Å². The van der Waals surface area contributed by atoms with Gasteiger partial charge in [-0.1, -0.05) is 17.7 Å². The van der Waals surface area contributed by atoms with Gasteiger partial charge in [0, 0.05) is 19.2 Å². The predicted molar refractivity (Wildman–Crippen MR) is 97.8 cm³/mol. The Labute approximate surface area is 157 Å². The molecule has 0 fully saturated rings. The molecule has 0 aliphatic carbocycles. The van der Waals surface area contributed by atoms with Crippen LogP contribution in [0.5, 0.6) is 0 Å². The molecule has 0 atom stereocenters. The number of hydrazine groups is 1. The molecule has 144 valence electrons. The minimum atomic E-state index is -4.09. The van der Waals surface area contributed by atoms with Gasteiger partial charge in [0.1, 0.15) is 5.82 Å². The molecule has 0 saturated carbocycles. The van der Waals surface area contributed by atoms with Crippen LogP contribution in [0.4, 0.5) is 9.18 Å². The Morgan fingerprint density at radius 3 is 2.11 bits per heavy atom. The highest BCUT2D eigenvalue weighted by Gasteiger charge is 2.26. The molecule has 0 aliphatic heterocycles. The number of halogens is 1. The largest absolute Gasteiger partial charge is 0.349 e. The van der Waals surface area contributed by atoms with Gasteiger partial charge in [-0.05, 0) is 50.2 Å². The lowest BCUT2D eigenvalue weighted by molar-refractivity contribution is 0.0290. The number of carbonyl (C=O) groups is 2. The van der Waals surface area contributed by atoms with Crippen molar-refractivity contribution in [2.24, 2.45) is 0 Å². The molecule has 0 heterocycles. The van der Waals surface area contributed by atoms with Crippen molar-refractivity contribution in [3.8, 4) is 0 Å². The third-order valence-corrected chi connectivity index (χ3v) is 5.17. The highest BCUT2D eigenvalue weighted by molar-refractivity contribution is 7.90. The Bertz CT molecular complexity index is 928. The fraction of sp³-hybridized carbons (Fsp3) is 0.222. The van der Waals surface area contributed by atoms with Crippen LogP contribution in [0.25, 0.3) is 0 Å². The minimum Gasteiger partial charge on any atom is -0.267 e. The molecular formula is C18H20FN3O4S. The number of hydrogen-bond donors (Lipinski definition) is 1. The summed E-state index contributed by atoms with van der Waals surface area (Å²) in [5.41, 5.74) is 1.04. The number of urea groups is 1. The maximum absolute atomic E-state index is 13.0. The molecule has 0 saturated heterocycles. The van der Waals surface area contributed by atoms with Crippen LogP contribution in [0, 0.1) is 12.7 Å². The number of sulfonamides is 1. The van der Waals surface area contributed by atoms with E-state index < -0.39 is 27.8 Å². The zero-order chi connectivity index (χ0) is 20.2. The number of nitrogens with zero attached hydrogens (tertiary/aromatic N) is 2. The molecule has 2 aromatic rings. The Balaban J connectivity index is 2.17. The highest BCUT2D eigenvalue weighted by atomic mass is 32.2. The van der Waals surface area contributed by atoms with E-state index in [-0.39, 0.29) is 17.0 Å². The summed E-state index contributed by atoms with van der Waals surface area (Å²) in [6.45, 7) is 3.54. The van der Waals surface area contributed by atoms with E-state index in [0.29, 0.717) is 0 Å². The minimum absolute atomic E-state index is 0.0669. The van der Waals surface area contributed by atoms with Crippen molar-refractivity contribution in [1.29, 1.82) is 0 Å². The van der Waals surface area contributed by atoms with Crippen molar-refractivity contribution in [3.63, 3.8) is 0 Å². The number of rotatable bonds is 4. The molecule has 9 heteroatoms. The molecule has 0 bridgehead atoms. The van der Waals surface area contributed by atoms with Gasteiger partial charge in [-0.2, -0.15) is 0 Å². The summed E-state index contributed by atoms with van der Waals surface area (Å²) in [5.74, 6) is -1.06. The standard InChI is InChI=1S/C18H20FN3O4S/c1-4-22(17(23)14-7-9-15(19)10-8-14)21(3)18(24)20-27(25,26)16-11-5-13(2)6-12-16/h5-12H,4H2,1-3H3,(H,20,24). The van der Waals surface area contributed by atoms with E-state index in [1.54, 1.807) is 19.1 Å². The van der Waals surface area contributed by atoms with Crippen molar-refractivity contribution in [2.45, 2.75) is 18.7 Å². The van der Waals surface area contributed by atoms with E-state index >= 15 is 0 Å². The van der Waals surface area contributed by atoms with Gasteiger partial charge in [0.25, 0.3) is 15.9 Å². The lowest BCUT2D eigenvalue weighted by atomic mass is 10.2. The van der Waals surface area contributed by atoms with Crippen LogP contribution in [0.15, 0.2) is 53.4 Å². The second-order valence-corrected chi connectivity index (χ2v) is 7.46. The van der Waals surface area contributed by atoms with E-state index in [2.05, 4.69) is 0 Å². The quantitative estimate of drug-likeness (QED) is 0.809. The monoisotopic (exact) mass is 393 g/mol. The van der Waals surface area contributed by atoms with Crippen LogP contribution in [0.1, 0.15) is 22.8 Å². The van der Waals surface area contributed by atoms with Gasteiger partial charge >= 0.3 is 6.03 Å². The normalized spacial score (nSPS) is 11.0. The van der Waals surface area contributed by atoms with E-state index in [0.717, 1.165) is 27.7 Å². The molecule has 27 heavy (non-hydrogen) atoms. The van der Waals surface area contributed by atoms with Crippen LogP contribution >= 0.6 is 0 Å². The van der Waals surface area contributed by atoms with Crippen molar-refractivity contribution in [3.05, 3.63) is 65.5 Å². The summed E-state index contributed by atoms with van der Waals surface area (Å²) in [7, 11) is -2.82. The first-order valence-corrected chi connectivity index (χ1v) is 9.58. The van der Waals surface area contributed by atoms with Gasteiger partial charge in [-0.3, -0.25) is 4.79 Å². The number of benzene rings is 2. The summed E-state index contributed by atoms with van der Waals surface area (Å²) in [6.07, 6.45) is 0. The zero-order valence-corrected chi connectivity index (χ0v) is 16.0. The molecule has 0 unspecified atom stereocenters. The number of amides is 3. The van der Waals surface area contributed by atoms with Gasteiger partial charge < -0.3 is 0 Å². The van der Waals surface area contributed by atoms with Crippen molar-refractivity contribution >= 4 is 22.0 Å². The van der Waals surface area contributed by atoms with Crippen LogP contribution in [-0.4, -0.2) is 44.0 Å². The topological polar surface area (TPSA) is 86.8 Å². The molecule has 2 aromatic carbocycles. The average molecular weight is 393 g/mol. The number of aryl methyl sites for hydroxylation is 1. The van der Waals surface area contributed by atoms with Gasteiger partial charge in [-0.25, -0.2) is 32.3 Å². The molecule has 2 rings (SSSR count). The van der Waals surface area contributed by atoms with Crippen LogP contribution in [-0.2, 0) is 10.0 Å². The van der Waals surface area contributed by atoms with E-state index in [1.807, 2.05) is 11.6 Å². The van der Waals surface area contributed by atoms with Gasteiger partial charge in [0.2, 0.25) is 0 Å². The number of nitrogens with one attached hydrogen (secondary N) is 1.